The SMILES string of the molecule is CNC(=O)c1c(NC(=O)c2ccc(Cl)cc2Cl)sc(C)c1C. The molecule has 0 unspecified atom stereocenters. The number of carbonyl (C=O) groups is 2. The zero-order valence-electron chi connectivity index (χ0n) is 12.2. The predicted molar refractivity (Wildman–Crippen MR) is 91.6 cm³/mol. The number of nitrogens with one attached hydrogen (secondary N) is 2. The van der Waals surface area contributed by atoms with Gasteiger partial charge in [-0.15, -0.1) is 11.3 Å². The van der Waals surface area contributed by atoms with Gasteiger partial charge in [-0.25, -0.2) is 0 Å². The number of hydrogen-bond donors (Lipinski definition) is 2. The van der Waals surface area contributed by atoms with Gasteiger partial charge in [0.25, 0.3) is 11.8 Å². The van der Waals surface area contributed by atoms with Gasteiger partial charge in [0, 0.05) is 16.9 Å². The lowest BCUT2D eigenvalue weighted by Gasteiger charge is -2.08. The van der Waals surface area contributed by atoms with E-state index in [2.05, 4.69) is 10.6 Å². The lowest BCUT2D eigenvalue weighted by molar-refractivity contribution is 0.0963. The van der Waals surface area contributed by atoms with Gasteiger partial charge in [-0.1, -0.05) is 23.2 Å². The van der Waals surface area contributed by atoms with Gasteiger partial charge >= 0.3 is 0 Å². The fourth-order valence-electron chi connectivity index (χ4n) is 1.96. The molecule has 0 bridgehead atoms. The van der Waals surface area contributed by atoms with Crippen molar-refractivity contribution in [3.8, 4) is 0 Å². The quantitative estimate of drug-likeness (QED) is 0.861. The molecule has 22 heavy (non-hydrogen) atoms. The van der Waals surface area contributed by atoms with E-state index in [-0.39, 0.29) is 16.8 Å². The van der Waals surface area contributed by atoms with Crippen LogP contribution in [-0.4, -0.2) is 18.9 Å². The lowest BCUT2D eigenvalue weighted by Crippen LogP contribution is -2.21. The van der Waals surface area contributed by atoms with E-state index in [1.54, 1.807) is 19.2 Å². The Balaban J connectivity index is 2.36. The molecule has 2 amide bonds. The van der Waals surface area contributed by atoms with Crippen LogP contribution in [0.3, 0.4) is 0 Å². The number of thiophene rings is 1. The lowest BCUT2D eigenvalue weighted by atomic mass is 10.1. The van der Waals surface area contributed by atoms with Gasteiger partial charge in [0.15, 0.2) is 0 Å². The van der Waals surface area contributed by atoms with E-state index < -0.39 is 0 Å². The van der Waals surface area contributed by atoms with E-state index in [1.165, 1.54) is 17.4 Å². The predicted octanol–water partition coefficient (Wildman–Crippen LogP) is 4.28. The molecule has 2 rings (SSSR count). The molecule has 1 aromatic carbocycles. The van der Waals surface area contributed by atoms with Crippen LogP contribution in [0.25, 0.3) is 0 Å². The summed E-state index contributed by atoms with van der Waals surface area (Å²) in [5.41, 5.74) is 1.63. The molecule has 0 saturated carbocycles. The van der Waals surface area contributed by atoms with Crippen LogP contribution in [0.5, 0.6) is 0 Å². The fraction of sp³-hybridized carbons (Fsp3) is 0.200. The molecule has 7 heteroatoms. The first-order chi connectivity index (χ1) is 10.3. The highest BCUT2D eigenvalue weighted by Crippen LogP contribution is 2.33. The van der Waals surface area contributed by atoms with Gasteiger partial charge in [-0.2, -0.15) is 0 Å². The maximum atomic E-state index is 12.4. The normalized spacial score (nSPS) is 10.4. The first-order valence-electron chi connectivity index (χ1n) is 6.43. The molecule has 0 aliphatic heterocycles. The monoisotopic (exact) mass is 356 g/mol. The molecule has 2 N–H and O–H groups in total. The largest absolute Gasteiger partial charge is 0.355 e. The van der Waals surface area contributed by atoms with Gasteiger partial charge in [0.05, 0.1) is 16.1 Å². The van der Waals surface area contributed by atoms with Crippen LogP contribution in [0.15, 0.2) is 18.2 Å². The summed E-state index contributed by atoms with van der Waals surface area (Å²) in [6, 6.07) is 4.64. The van der Waals surface area contributed by atoms with Gasteiger partial charge in [0.2, 0.25) is 0 Å². The number of aryl methyl sites for hydroxylation is 1. The summed E-state index contributed by atoms with van der Waals surface area (Å²) in [4.78, 5) is 25.3. The summed E-state index contributed by atoms with van der Waals surface area (Å²) in [5.74, 6) is -0.618. The Labute approximate surface area is 142 Å². The second kappa shape index (κ2) is 6.69. The van der Waals surface area contributed by atoms with Crippen molar-refractivity contribution in [1.29, 1.82) is 0 Å². The van der Waals surface area contributed by atoms with Crippen molar-refractivity contribution in [3.05, 3.63) is 49.8 Å². The van der Waals surface area contributed by atoms with Gasteiger partial charge in [-0.05, 0) is 37.6 Å². The molecular weight excluding hydrogens is 343 g/mol. The summed E-state index contributed by atoms with van der Waals surface area (Å²) >= 11 is 13.2. The number of carbonyl (C=O) groups excluding carboxylic acids is 2. The van der Waals surface area contributed by atoms with E-state index in [1.807, 2.05) is 13.8 Å². The summed E-state index contributed by atoms with van der Waals surface area (Å²) < 4.78 is 0. The second-order valence-electron chi connectivity index (χ2n) is 4.64. The Morgan fingerprint density at radius 1 is 1.14 bits per heavy atom. The smallest absolute Gasteiger partial charge is 0.257 e. The maximum absolute atomic E-state index is 12.4. The van der Waals surface area contributed by atoms with Crippen molar-refractivity contribution in [2.75, 3.05) is 12.4 Å². The van der Waals surface area contributed by atoms with Crippen LogP contribution < -0.4 is 10.6 Å². The number of rotatable bonds is 3. The van der Waals surface area contributed by atoms with Crippen molar-refractivity contribution < 1.29 is 9.59 Å². The molecule has 116 valence electrons. The zero-order valence-corrected chi connectivity index (χ0v) is 14.5. The number of benzene rings is 1. The number of hydrogen-bond acceptors (Lipinski definition) is 3. The summed E-state index contributed by atoms with van der Waals surface area (Å²) in [6.45, 7) is 3.75. The van der Waals surface area contributed by atoms with E-state index in [0.29, 0.717) is 21.2 Å². The third-order valence-electron chi connectivity index (χ3n) is 3.24. The Bertz CT molecular complexity index is 756. The third-order valence-corrected chi connectivity index (χ3v) is 4.91. The van der Waals surface area contributed by atoms with Crippen molar-refractivity contribution in [2.45, 2.75) is 13.8 Å². The van der Waals surface area contributed by atoms with E-state index in [0.717, 1.165) is 10.4 Å². The molecule has 0 saturated heterocycles. The third kappa shape index (κ3) is 3.27. The molecule has 0 spiro atoms. The highest BCUT2D eigenvalue weighted by molar-refractivity contribution is 7.16. The van der Waals surface area contributed by atoms with Crippen molar-refractivity contribution in [3.63, 3.8) is 0 Å². The van der Waals surface area contributed by atoms with Crippen LogP contribution in [0.4, 0.5) is 5.00 Å². The van der Waals surface area contributed by atoms with Crippen LogP contribution in [-0.2, 0) is 0 Å². The van der Waals surface area contributed by atoms with Crippen LogP contribution in [0, 0.1) is 13.8 Å². The minimum Gasteiger partial charge on any atom is -0.355 e. The number of anilines is 1. The van der Waals surface area contributed by atoms with Gasteiger partial charge in [-0.3, -0.25) is 9.59 Å². The van der Waals surface area contributed by atoms with Crippen molar-refractivity contribution >= 4 is 51.4 Å². The number of amides is 2. The highest BCUT2D eigenvalue weighted by Gasteiger charge is 2.21. The summed E-state index contributed by atoms with van der Waals surface area (Å²) in [6.07, 6.45) is 0. The summed E-state index contributed by atoms with van der Waals surface area (Å²) in [5, 5.41) is 6.56. The minimum atomic E-state index is -0.381. The Morgan fingerprint density at radius 3 is 2.41 bits per heavy atom. The maximum Gasteiger partial charge on any atom is 0.257 e. The van der Waals surface area contributed by atoms with Gasteiger partial charge in [0.1, 0.15) is 5.00 Å². The van der Waals surface area contributed by atoms with Crippen LogP contribution in [0.2, 0.25) is 10.0 Å². The molecule has 0 fully saturated rings. The molecule has 0 radical (unpaired) electrons. The molecule has 0 aliphatic carbocycles. The van der Waals surface area contributed by atoms with Crippen LogP contribution >= 0.6 is 34.5 Å². The zero-order chi connectivity index (χ0) is 16.4. The Morgan fingerprint density at radius 2 is 1.82 bits per heavy atom. The first-order valence-corrected chi connectivity index (χ1v) is 8.00. The van der Waals surface area contributed by atoms with E-state index in [9.17, 15) is 9.59 Å². The minimum absolute atomic E-state index is 0.237. The van der Waals surface area contributed by atoms with Crippen LogP contribution in [0.1, 0.15) is 31.2 Å². The van der Waals surface area contributed by atoms with Crippen molar-refractivity contribution in [1.82, 2.24) is 5.32 Å². The highest BCUT2D eigenvalue weighted by atomic mass is 35.5. The fourth-order valence-corrected chi connectivity index (χ4v) is 3.50. The number of halogens is 2. The molecule has 1 heterocycles. The Hall–Kier alpha value is -1.56. The average Bonchev–Trinajstić information content (AvgIpc) is 2.72. The van der Waals surface area contributed by atoms with Crippen molar-refractivity contribution in [2.24, 2.45) is 0 Å². The topological polar surface area (TPSA) is 58.2 Å². The van der Waals surface area contributed by atoms with Gasteiger partial charge < -0.3 is 10.6 Å². The van der Waals surface area contributed by atoms with E-state index in [4.69, 9.17) is 23.2 Å². The second-order valence-corrected chi connectivity index (χ2v) is 6.71. The summed E-state index contributed by atoms with van der Waals surface area (Å²) in [7, 11) is 1.55. The molecule has 1 aromatic heterocycles. The van der Waals surface area contributed by atoms with E-state index >= 15 is 0 Å². The Kier molecular flexibility index (Phi) is 5.11. The standard InChI is InChI=1S/C15H14Cl2N2O2S/c1-7-8(2)22-15(12(7)14(21)18-3)19-13(20)10-5-4-9(16)6-11(10)17/h4-6H,1-3H3,(H,18,21)(H,19,20). The molecular formula is C15H14Cl2N2O2S. The molecule has 0 atom stereocenters. The first kappa shape index (κ1) is 16.8. The molecule has 0 aliphatic rings. The average molecular weight is 357 g/mol. The molecule has 2 aromatic rings. The molecule has 4 nitrogen and oxygen atoms in total.